The maximum atomic E-state index is 13.0. The summed E-state index contributed by atoms with van der Waals surface area (Å²) in [5, 5.41) is 3.67. The zero-order valence-corrected chi connectivity index (χ0v) is 19.8. The number of carbonyl (C=O) groups is 1. The first-order valence-corrected chi connectivity index (χ1v) is 12.0. The minimum atomic E-state index is -4.35. The molecule has 4 nitrogen and oxygen atoms in total. The lowest BCUT2D eigenvalue weighted by molar-refractivity contribution is -0.137. The van der Waals surface area contributed by atoms with E-state index >= 15 is 0 Å². The summed E-state index contributed by atoms with van der Waals surface area (Å²) in [6.07, 6.45) is 10.2. The molecule has 2 aliphatic heterocycles. The summed E-state index contributed by atoms with van der Waals surface area (Å²) in [4.78, 5) is 14.7. The average molecular weight is 467 g/mol. The van der Waals surface area contributed by atoms with E-state index in [4.69, 9.17) is 4.74 Å². The van der Waals surface area contributed by atoms with Crippen molar-refractivity contribution in [1.82, 2.24) is 10.2 Å². The summed E-state index contributed by atoms with van der Waals surface area (Å²) < 4.78 is 44.4. The van der Waals surface area contributed by atoms with Gasteiger partial charge in [-0.15, -0.1) is 12.8 Å². The topological polar surface area (TPSA) is 41.6 Å². The van der Waals surface area contributed by atoms with Crippen LogP contribution in [-0.2, 0) is 28.7 Å². The third kappa shape index (κ3) is 7.75. The zero-order valence-electron chi connectivity index (χ0n) is 19.8. The van der Waals surface area contributed by atoms with E-state index in [9.17, 15) is 18.0 Å². The number of alkyl halides is 3. The van der Waals surface area contributed by atoms with Crippen molar-refractivity contribution in [2.24, 2.45) is 5.92 Å². The first-order chi connectivity index (χ1) is 15.8. The maximum Gasteiger partial charge on any atom is 0.416 e. The van der Waals surface area contributed by atoms with Crippen molar-refractivity contribution in [2.75, 3.05) is 19.8 Å². The van der Waals surface area contributed by atoms with Crippen molar-refractivity contribution < 1.29 is 22.7 Å². The van der Waals surface area contributed by atoms with E-state index in [0.717, 1.165) is 56.9 Å². The normalized spacial score (nSPS) is 22.9. The van der Waals surface area contributed by atoms with Crippen molar-refractivity contribution in [3.8, 4) is 12.8 Å². The Morgan fingerprint density at radius 3 is 2.39 bits per heavy atom. The number of ether oxygens (including phenoxy) is 1. The van der Waals surface area contributed by atoms with Gasteiger partial charge in [0.25, 0.3) is 0 Å². The van der Waals surface area contributed by atoms with Gasteiger partial charge in [-0.05, 0) is 61.8 Å². The van der Waals surface area contributed by atoms with E-state index in [2.05, 4.69) is 32.0 Å². The second-order valence-corrected chi connectivity index (χ2v) is 8.96. The van der Waals surface area contributed by atoms with Crippen LogP contribution in [0.25, 0.3) is 0 Å². The van der Waals surface area contributed by atoms with Crippen LogP contribution in [0.2, 0.25) is 0 Å². The van der Waals surface area contributed by atoms with Crippen LogP contribution >= 0.6 is 0 Å². The average Bonchev–Trinajstić information content (AvgIpc) is 3.28. The van der Waals surface area contributed by atoms with Crippen molar-refractivity contribution in [3.05, 3.63) is 34.9 Å². The molecule has 1 aromatic rings. The highest BCUT2D eigenvalue weighted by Crippen LogP contribution is 2.34. The predicted octanol–water partition coefficient (Wildman–Crippen LogP) is 5.19. The highest BCUT2D eigenvalue weighted by atomic mass is 19.4. The van der Waals surface area contributed by atoms with Crippen molar-refractivity contribution in [1.29, 1.82) is 0 Å². The standard InChI is InChI=1S/C21H27F3N2O2.C3H8.C2H2/c22-21(23,24)17-3-1-14-5-8-26(13-16(14)11-17)20(27)15-2-4-19(12-15)25-18-6-9-28-10-7-18;1-3-2;1-2/h1,3,11,15,18-19,25H,2,4-10,12-13H2;3H2,1-2H3;1-2H. The maximum absolute atomic E-state index is 13.0. The lowest BCUT2D eigenvalue weighted by atomic mass is 9.95. The number of halogens is 3. The van der Waals surface area contributed by atoms with E-state index < -0.39 is 11.7 Å². The van der Waals surface area contributed by atoms with Gasteiger partial charge in [-0.2, -0.15) is 13.2 Å². The van der Waals surface area contributed by atoms with Crippen LogP contribution < -0.4 is 5.32 Å². The first-order valence-electron chi connectivity index (χ1n) is 12.0. The molecule has 1 amide bonds. The molecule has 33 heavy (non-hydrogen) atoms. The molecule has 0 bridgehead atoms. The Hall–Kier alpha value is -2.04. The molecule has 1 saturated heterocycles. The van der Waals surface area contributed by atoms with Crippen LogP contribution in [0.1, 0.15) is 69.1 Å². The number of amides is 1. The van der Waals surface area contributed by atoms with Crippen LogP contribution in [0.3, 0.4) is 0 Å². The number of carbonyl (C=O) groups excluding carboxylic acids is 1. The Kier molecular flexibility index (Phi) is 10.7. The molecular formula is C26H37F3N2O2. The van der Waals surface area contributed by atoms with Gasteiger partial charge < -0.3 is 15.0 Å². The molecule has 2 heterocycles. The van der Waals surface area contributed by atoms with Crippen molar-refractivity contribution in [2.45, 2.75) is 83.6 Å². The van der Waals surface area contributed by atoms with E-state index in [0.29, 0.717) is 30.6 Å². The van der Waals surface area contributed by atoms with Crippen LogP contribution in [0.4, 0.5) is 13.2 Å². The monoisotopic (exact) mass is 466 g/mol. The Morgan fingerprint density at radius 1 is 1.09 bits per heavy atom. The van der Waals surface area contributed by atoms with E-state index in [1.54, 1.807) is 11.0 Å². The fourth-order valence-electron chi connectivity index (χ4n) is 4.73. The lowest BCUT2D eigenvalue weighted by Crippen LogP contribution is -2.42. The molecule has 2 unspecified atom stereocenters. The highest BCUT2D eigenvalue weighted by molar-refractivity contribution is 5.79. The van der Waals surface area contributed by atoms with Crippen molar-refractivity contribution in [3.63, 3.8) is 0 Å². The molecule has 184 valence electrons. The molecule has 4 rings (SSSR count). The number of nitrogens with one attached hydrogen (secondary N) is 1. The molecular weight excluding hydrogens is 429 g/mol. The van der Waals surface area contributed by atoms with Gasteiger partial charge in [0.05, 0.1) is 5.56 Å². The van der Waals surface area contributed by atoms with Crippen LogP contribution in [0.5, 0.6) is 0 Å². The molecule has 2 fully saturated rings. The molecule has 3 aliphatic rings. The number of terminal acetylenes is 1. The quantitative estimate of drug-likeness (QED) is 0.623. The van der Waals surface area contributed by atoms with Gasteiger partial charge in [-0.25, -0.2) is 0 Å². The summed E-state index contributed by atoms with van der Waals surface area (Å²) in [7, 11) is 0. The van der Waals surface area contributed by atoms with Gasteiger partial charge in [0.1, 0.15) is 0 Å². The number of benzene rings is 1. The van der Waals surface area contributed by atoms with E-state index in [-0.39, 0.29) is 18.4 Å². The van der Waals surface area contributed by atoms with Gasteiger partial charge >= 0.3 is 6.18 Å². The molecule has 0 radical (unpaired) electrons. The minimum Gasteiger partial charge on any atom is -0.381 e. The first kappa shape index (κ1) is 27.2. The van der Waals surface area contributed by atoms with E-state index in [1.165, 1.54) is 12.5 Å². The number of nitrogens with zero attached hydrogens (tertiary/aromatic N) is 1. The minimum absolute atomic E-state index is 0.0234. The van der Waals surface area contributed by atoms with Gasteiger partial charge in [0.2, 0.25) is 5.91 Å². The van der Waals surface area contributed by atoms with Crippen LogP contribution in [-0.4, -0.2) is 42.6 Å². The highest BCUT2D eigenvalue weighted by Gasteiger charge is 2.36. The lowest BCUT2D eigenvalue weighted by Gasteiger charge is -2.31. The van der Waals surface area contributed by atoms with Crippen LogP contribution in [0.15, 0.2) is 18.2 Å². The van der Waals surface area contributed by atoms with E-state index in [1.807, 2.05) is 0 Å². The van der Waals surface area contributed by atoms with Gasteiger partial charge in [0.15, 0.2) is 0 Å². The molecule has 2 atom stereocenters. The summed E-state index contributed by atoms with van der Waals surface area (Å²) in [5.74, 6) is 0.0732. The summed E-state index contributed by atoms with van der Waals surface area (Å²) in [6.45, 7) is 6.71. The van der Waals surface area contributed by atoms with Gasteiger partial charge in [0, 0.05) is 44.3 Å². The third-order valence-electron chi connectivity index (χ3n) is 6.33. The molecule has 7 heteroatoms. The number of hydrogen-bond donors (Lipinski definition) is 1. The fourth-order valence-corrected chi connectivity index (χ4v) is 4.73. The van der Waals surface area contributed by atoms with Crippen molar-refractivity contribution >= 4 is 5.91 Å². The van der Waals surface area contributed by atoms with Crippen LogP contribution in [0, 0.1) is 18.8 Å². The second-order valence-electron chi connectivity index (χ2n) is 8.96. The number of hydrogen-bond acceptors (Lipinski definition) is 3. The molecule has 1 aromatic carbocycles. The Labute approximate surface area is 196 Å². The fraction of sp³-hybridized carbons (Fsp3) is 0.654. The molecule has 0 aromatic heterocycles. The number of rotatable bonds is 3. The molecule has 1 N–H and O–H groups in total. The second kappa shape index (κ2) is 13.0. The Morgan fingerprint density at radius 2 is 1.76 bits per heavy atom. The summed E-state index contributed by atoms with van der Waals surface area (Å²) >= 11 is 0. The Balaban J connectivity index is 0.000000714. The summed E-state index contributed by atoms with van der Waals surface area (Å²) in [5.41, 5.74) is 0.911. The molecule has 0 spiro atoms. The zero-order chi connectivity index (χ0) is 24.4. The smallest absolute Gasteiger partial charge is 0.381 e. The van der Waals surface area contributed by atoms with Gasteiger partial charge in [-0.3, -0.25) is 4.79 Å². The molecule has 1 aliphatic carbocycles. The Bertz CT molecular complexity index is 773. The SMILES string of the molecule is C#C.CCC.O=C(C1CCC(NC2CCOCC2)C1)N1CCc2ccc(C(F)(F)F)cc2C1. The number of fused-ring (bicyclic) bond motifs is 1. The third-order valence-corrected chi connectivity index (χ3v) is 6.33. The molecule has 1 saturated carbocycles. The summed E-state index contributed by atoms with van der Waals surface area (Å²) in [6, 6.07) is 4.73. The predicted molar refractivity (Wildman–Crippen MR) is 125 cm³/mol. The van der Waals surface area contributed by atoms with Gasteiger partial charge in [-0.1, -0.05) is 26.3 Å². The largest absolute Gasteiger partial charge is 0.416 e.